The number of nitrogens with zero attached hydrogens (tertiary/aromatic N) is 1. The second kappa shape index (κ2) is 9.13. The van der Waals surface area contributed by atoms with Gasteiger partial charge < -0.3 is 14.8 Å². The zero-order valence-electron chi connectivity index (χ0n) is 21.0. The van der Waals surface area contributed by atoms with Crippen LogP contribution in [0.5, 0.6) is 11.5 Å². The number of carbonyl (C=O) groups excluding carboxylic acids is 1. The summed E-state index contributed by atoms with van der Waals surface area (Å²) in [6.45, 7) is 0.148. The normalized spacial score (nSPS) is 17.9. The smallest absolute Gasteiger partial charge is 0.395 e. The number of sulfonamides is 1. The third-order valence-electron chi connectivity index (χ3n) is 7.14. The third-order valence-corrected chi connectivity index (χ3v) is 7.80. The lowest BCUT2D eigenvalue weighted by atomic mass is 9.92. The summed E-state index contributed by atoms with van der Waals surface area (Å²) >= 11 is 0. The van der Waals surface area contributed by atoms with Crippen LogP contribution < -0.4 is 19.5 Å². The van der Waals surface area contributed by atoms with Gasteiger partial charge in [0.1, 0.15) is 5.82 Å². The van der Waals surface area contributed by atoms with E-state index in [0.717, 1.165) is 41.4 Å². The Morgan fingerprint density at radius 1 is 1.08 bits per heavy atom. The van der Waals surface area contributed by atoms with Crippen LogP contribution in [0.25, 0.3) is 17.3 Å². The first kappa shape index (κ1) is 25.4. The fourth-order valence-electron chi connectivity index (χ4n) is 5.04. The second-order valence-electron chi connectivity index (χ2n) is 10.0. The number of hydrogen-bond donors (Lipinski definition) is 2. The lowest BCUT2D eigenvalue weighted by Gasteiger charge is -2.20. The maximum Gasteiger partial charge on any atom is 0.586 e. The van der Waals surface area contributed by atoms with Gasteiger partial charge in [-0.25, -0.2) is 18.1 Å². The van der Waals surface area contributed by atoms with Crippen molar-refractivity contribution in [2.45, 2.75) is 43.9 Å². The van der Waals surface area contributed by atoms with Crippen LogP contribution in [-0.4, -0.2) is 31.9 Å². The van der Waals surface area contributed by atoms with Gasteiger partial charge in [0.15, 0.2) is 11.5 Å². The van der Waals surface area contributed by atoms with Gasteiger partial charge >= 0.3 is 6.29 Å². The van der Waals surface area contributed by atoms with Gasteiger partial charge in [0, 0.05) is 12.1 Å². The van der Waals surface area contributed by atoms with Crippen molar-refractivity contribution in [2.75, 3.05) is 11.6 Å². The summed E-state index contributed by atoms with van der Waals surface area (Å²) in [5, 5.41) is 2.95. The van der Waals surface area contributed by atoms with Crippen LogP contribution in [0.15, 0.2) is 54.6 Å². The number of amides is 1. The standard InChI is InChI=1S/C28H25F2N3O5S/c1-39(35,36)31-16-17-5-4-7-19(13-17)25-21-8-3-2-6-18(21)14-24(32-25)33-26(34)27(11-12-27)20-9-10-22-23(15-20)38-28(29,30)37-22/h2,4-7,9-10,13-15,31H,3,8,11-12,16H2,1H3,(H,32,33,34). The molecule has 1 aromatic heterocycles. The van der Waals surface area contributed by atoms with Crippen molar-refractivity contribution in [1.82, 2.24) is 9.71 Å². The van der Waals surface area contributed by atoms with E-state index in [1.54, 1.807) is 6.07 Å². The van der Waals surface area contributed by atoms with E-state index in [-0.39, 0.29) is 24.0 Å². The number of hydrogen-bond acceptors (Lipinski definition) is 6. The second-order valence-corrected chi connectivity index (χ2v) is 11.9. The lowest BCUT2D eigenvalue weighted by molar-refractivity contribution is -0.286. The number of alkyl halides is 2. The minimum Gasteiger partial charge on any atom is -0.395 e. The number of pyridine rings is 1. The molecular formula is C28H25F2N3O5S. The third kappa shape index (κ3) is 5.11. The Balaban J connectivity index is 1.30. The Kier molecular flexibility index (Phi) is 5.96. The van der Waals surface area contributed by atoms with E-state index in [2.05, 4.69) is 25.6 Å². The van der Waals surface area contributed by atoms with Crippen LogP contribution in [0.2, 0.25) is 0 Å². The summed E-state index contributed by atoms with van der Waals surface area (Å²) in [5.74, 6) is -0.0706. The Morgan fingerprint density at radius 2 is 1.87 bits per heavy atom. The number of nitrogens with one attached hydrogen (secondary N) is 2. The van der Waals surface area contributed by atoms with Crippen LogP contribution in [0.3, 0.4) is 0 Å². The minimum absolute atomic E-state index is 0.0679. The molecule has 6 rings (SSSR count). The summed E-state index contributed by atoms with van der Waals surface area (Å²) in [6, 6.07) is 13.7. The lowest BCUT2D eigenvalue weighted by Crippen LogP contribution is -2.28. The van der Waals surface area contributed by atoms with E-state index >= 15 is 0 Å². The van der Waals surface area contributed by atoms with Crippen LogP contribution in [0.1, 0.15) is 41.5 Å². The molecule has 0 bridgehead atoms. The largest absolute Gasteiger partial charge is 0.586 e. The average Bonchev–Trinajstić information content (AvgIpc) is 3.64. The number of anilines is 1. The van der Waals surface area contributed by atoms with Crippen LogP contribution in [0.4, 0.5) is 14.6 Å². The highest BCUT2D eigenvalue weighted by molar-refractivity contribution is 7.88. The number of rotatable bonds is 7. The van der Waals surface area contributed by atoms with Crippen molar-refractivity contribution in [3.63, 3.8) is 0 Å². The first-order chi connectivity index (χ1) is 18.5. The number of aromatic nitrogens is 1. The molecular weight excluding hydrogens is 528 g/mol. The van der Waals surface area contributed by atoms with Gasteiger partial charge in [0.05, 0.1) is 17.4 Å². The number of fused-ring (bicyclic) bond motifs is 2. The number of halogens is 2. The molecule has 2 heterocycles. The highest BCUT2D eigenvalue weighted by atomic mass is 32.2. The van der Waals surface area contributed by atoms with E-state index in [1.165, 1.54) is 12.1 Å². The molecule has 0 atom stereocenters. The molecule has 8 nitrogen and oxygen atoms in total. The molecule has 11 heteroatoms. The fraction of sp³-hybridized carbons (Fsp3) is 0.286. The zero-order chi connectivity index (χ0) is 27.4. The predicted molar refractivity (Wildman–Crippen MR) is 141 cm³/mol. The minimum atomic E-state index is -3.73. The molecule has 202 valence electrons. The van der Waals surface area contributed by atoms with Crippen molar-refractivity contribution in [3.05, 3.63) is 76.9 Å². The summed E-state index contributed by atoms with van der Waals surface area (Å²) in [6.07, 6.45) is 4.20. The molecule has 3 aliphatic rings. The number of allylic oxidation sites excluding steroid dienone is 1. The van der Waals surface area contributed by atoms with Crippen LogP contribution >= 0.6 is 0 Å². The van der Waals surface area contributed by atoms with E-state index in [1.807, 2.05) is 36.4 Å². The van der Waals surface area contributed by atoms with Gasteiger partial charge in [-0.2, -0.15) is 0 Å². The monoisotopic (exact) mass is 553 g/mol. The SMILES string of the molecule is CS(=O)(=O)NCc1cccc(-c2nc(NC(=O)C3(c4ccc5c(c4)OC(F)(F)O5)CC3)cc3c2CCC=C3)c1. The van der Waals surface area contributed by atoms with Crippen molar-refractivity contribution in [3.8, 4) is 22.8 Å². The Morgan fingerprint density at radius 3 is 2.64 bits per heavy atom. The molecule has 1 fully saturated rings. The van der Waals surface area contributed by atoms with Gasteiger partial charge in [-0.05, 0) is 72.2 Å². The molecule has 0 saturated heterocycles. The summed E-state index contributed by atoms with van der Waals surface area (Å²) < 4.78 is 61.7. The van der Waals surface area contributed by atoms with Gasteiger partial charge in [-0.3, -0.25) is 4.79 Å². The molecule has 1 saturated carbocycles. The molecule has 3 aromatic rings. The molecule has 2 aromatic carbocycles. The summed E-state index contributed by atoms with van der Waals surface area (Å²) in [7, 11) is -3.35. The van der Waals surface area contributed by atoms with Crippen LogP contribution in [0, 0.1) is 0 Å². The van der Waals surface area contributed by atoms with Crippen molar-refractivity contribution in [1.29, 1.82) is 0 Å². The fourth-order valence-corrected chi connectivity index (χ4v) is 5.47. The number of ether oxygens (including phenoxy) is 2. The van der Waals surface area contributed by atoms with Crippen molar-refractivity contribution < 1.29 is 31.5 Å². The highest BCUT2D eigenvalue weighted by Crippen LogP contribution is 2.52. The van der Waals surface area contributed by atoms with Crippen LogP contribution in [-0.2, 0) is 33.2 Å². The van der Waals surface area contributed by atoms with Gasteiger partial charge in [-0.15, -0.1) is 8.78 Å². The summed E-state index contributed by atoms with van der Waals surface area (Å²) in [5.41, 5.74) is 3.98. The van der Waals surface area contributed by atoms with E-state index in [4.69, 9.17) is 4.98 Å². The topological polar surface area (TPSA) is 107 Å². The molecule has 1 aliphatic heterocycles. The van der Waals surface area contributed by atoms with Gasteiger partial charge in [-0.1, -0.05) is 36.4 Å². The maximum atomic E-state index is 13.5. The first-order valence-electron chi connectivity index (χ1n) is 12.5. The van der Waals surface area contributed by atoms with Gasteiger partial charge in [0.2, 0.25) is 15.9 Å². The van der Waals surface area contributed by atoms with Gasteiger partial charge in [0.25, 0.3) is 0 Å². The molecule has 0 spiro atoms. The molecule has 2 aliphatic carbocycles. The van der Waals surface area contributed by atoms with E-state index in [0.29, 0.717) is 29.9 Å². The van der Waals surface area contributed by atoms with E-state index < -0.39 is 21.7 Å². The van der Waals surface area contributed by atoms with E-state index in [9.17, 15) is 22.0 Å². The molecule has 1 amide bonds. The Hall–Kier alpha value is -3.83. The number of carbonyl (C=O) groups is 1. The molecule has 39 heavy (non-hydrogen) atoms. The predicted octanol–water partition coefficient (Wildman–Crippen LogP) is 4.75. The Bertz CT molecular complexity index is 1630. The first-order valence-corrected chi connectivity index (χ1v) is 14.4. The zero-order valence-corrected chi connectivity index (χ0v) is 21.8. The highest BCUT2D eigenvalue weighted by Gasteiger charge is 2.53. The maximum absolute atomic E-state index is 13.5. The van der Waals surface area contributed by atoms with Crippen molar-refractivity contribution >= 4 is 27.8 Å². The molecule has 2 N–H and O–H groups in total. The molecule has 0 radical (unpaired) electrons. The average molecular weight is 554 g/mol. The molecule has 0 unspecified atom stereocenters. The summed E-state index contributed by atoms with van der Waals surface area (Å²) in [4.78, 5) is 18.3. The van der Waals surface area contributed by atoms with Crippen molar-refractivity contribution in [2.24, 2.45) is 0 Å². The quantitative estimate of drug-likeness (QED) is 0.438. The number of benzene rings is 2. The Labute approximate surface area is 224 Å².